The minimum atomic E-state index is -4.46. The van der Waals surface area contributed by atoms with Crippen LogP contribution in [0.3, 0.4) is 0 Å². The molecule has 0 unspecified atom stereocenters. The summed E-state index contributed by atoms with van der Waals surface area (Å²) in [6, 6.07) is 25.5. The highest BCUT2D eigenvalue weighted by Crippen LogP contribution is 2.32. The Morgan fingerprint density at radius 3 is 2.23 bits per heavy atom. The van der Waals surface area contributed by atoms with Crippen LogP contribution in [0.2, 0.25) is 0 Å². The molecule has 3 amide bonds. The third kappa shape index (κ3) is 6.81. The molecule has 0 aliphatic heterocycles. The lowest BCUT2D eigenvalue weighted by Gasteiger charge is -2.18. The van der Waals surface area contributed by atoms with Crippen molar-refractivity contribution in [2.45, 2.75) is 25.6 Å². The van der Waals surface area contributed by atoms with Crippen LogP contribution in [0.4, 0.5) is 18.9 Å². The van der Waals surface area contributed by atoms with Crippen LogP contribution in [0.5, 0.6) is 0 Å². The molecule has 1 aromatic heterocycles. The molecule has 4 aromatic carbocycles. The molecule has 1 heterocycles. The number of hydrogen-bond donors (Lipinski definition) is 3. The van der Waals surface area contributed by atoms with E-state index in [-0.39, 0.29) is 17.2 Å². The second-order valence-electron chi connectivity index (χ2n) is 10.0. The third-order valence-corrected chi connectivity index (χ3v) is 6.91. The van der Waals surface area contributed by atoms with Gasteiger partial charge in [-0.05, 0) is 65.6 Å². The van der Waals surface area contributed by atoms with Gasteiger partial charge in [0.1, 0.15) is 11.6 Å². The van der Waals surface area contributed by atoms with Crippen LogP contribution in [-0.2, 0) is 11.0 Å². The molecule has 44 heavy (non-hydrogen) atoms. The van der Waals surface area contributed by atoms with Gasteiger partial charge in [-0.15, -0.1) is 0 Å². The molecule has 0 saturated heterocycles. The number of fused-ring (bicyclic) bond motifs is 1. The van der Waals surface area contributed by atoms with Gasteiger partial charge in [0.15, 0.2) is 5.76 Å². The zero-order valence-corrected chi connectivity index (χ0v) is 23.6. The number of benzene rings is 4. The molecule has 0 aliphatic rings. The molecule has 224 valence electrons. The van der Waals surface area contributed by atoms with Gasteiger partial charge >= 0.3 is 6.18 Å². The molecule has 1 atom stereocenters. The summed E-state index contributed by atoms with van der Waals surface area (Å²) < 4.78 is 44.8. The maximum atomic E-state index is 13.3. The number of carbonyl (C=O) groups is 3. The van der Waals surface area contributed by atoms with Crippen molar-refractivity contribution in [2.75, 3.05) is 11.9 Å². The van der Waals surface area contributed by atoms with Gasteiger partial charge < -0.3 is 20.4 Å². The fourth-order valence-corrected chi connectivity index (χ4v) is 4.70. The number of anilines is 1. The Hall–Kier alpha value is -5.38. The first-order chi connectivity index (χ1) is 21.1. The predicted octanol–water partition coefficient (Wildman–Crippen LogP) is 7.37. The average molecular weight is 600 g/mol. The van der Waals surface area contributed by atoms with E-state index < -0.39 is 29.6 Å². The largest absolute Gasteiger partial charge is 0.451 e. The summed E-state index contributed by atoms with van der Waals surface area (Å²) in [7, 11) is 0. The fraction of sp³-hybridized carbons (Fsp3) is 0.147. The SMILES string of the molecule is CCCNC(=O)[C@@H](NC(=O)c1cc2cc(NC(=O)c3ccccc3-c3ccc(C(F)(F)F)cc3)ccc2o1)c1ccccc1. The average Bonchev–Trinajstić information content (AvgIpc) is 3.46. The molecule has 0 saturated carbocycles. The topological polar surface area (TPSA) is 100 Å². The van der Waals surface area contributed by atoms with E-state index in [1.807, 2.05) is 13.0 Å². The molecular formula is C34H28F3N3O4. The zero-order valence-electron chi connectivity index (χ0n) is 23.6. The minimum absolute atomic E-state index is 0.0136. The smallest absolute Gasteiger partial charge is 0.416 e. The summed E-state index contributed by atoms with van der Waals surface area (Å²) in [5.41, 5.74) is 1.85. The number of carbonyl (C=O) groups excluding carboxylic acids is 3. The maximum absolute atomic E-state index is 13.3. The fourth-order valence-electron chi connectivity index (χ4n) is 4.70. The number of halogens is 3. The number of rotatable bonds is 9. The van der Waals surface area contributed by atoms with Gasteiger partial charge in [-0.25, -0.2) is 0 Å². The molecule has 0 fully saturated rings. The molecule has 0 spiro atoms. The second kappa shape index (κ2) is 12.9. The Balaban J connectivity index is 1.34. The van der Waals surface area contributed by atoms with Crippen molar-refractivity contribution in [1.29, 1.82) is 0 Å². The van der Waals surface area contributed by atoms with Crippen LogP contribution in [0.25, 0.3) is 22.1 Å². The maximum Gasteiger partial charge on any atom is 0.416 e. The van der Waals surface area contributed by atoms with Gasteiger partial charge in [-0.2, -0.15) is 13.2 Å². The van der Waals surface area contributed by atoms with Crippen molar-refractivity contribution < 1.29 is 32.0 Å². The highest BCUT2D eigenvalue weighted by molar-refractivity contribution is 6.09. The second-order valence-corrected chi connectivity index (χ2v) is 10.0. The van der Waals surface area contributed by atoms with E-state index in [0.29, 0.717) is 39.9 Å². The lowest BCUT2D eigenvalue weighted by atomic mass is 9.98. The number of amides is 3. The molecule has 7 nitrogen and oxygen atoms in total. The first-order valence-electron chi connectivity index (χ1n) is 13.9. The molecule has 0 radical (unpaired) electrons. The van der Waals surface area contributed by atoms with E-state index in [9.17, 15) is 27.6 Å². The monoisotopic (exact) mass is 599 g/mol. The minimum Gasteiger partial charge on any atom is -0.451 e. The van der Waals surface area contributed by atoms with Crippen molar-refractivity contribution in [3.8, 4) is 11.1 Å². The summed E-state index contributed by atoms with van der Waals surface area (Å²) in [6.45, 7) is 2.39. The Bertz CT molecular complexity index is 1800. The van der Waals surface area contributed by atoms with Crippen LogP contribution in [0.15, 0.2) is 108 Å². The van der Waals surface area contributed by atoms with E-state index in [1.165, 1.54) is 18.2 Å². The first kappa shape index (κ1) is 30.1. The third-order valence-electron chi connectivity index (χ3n) is 6.91. The first-order valence-corrected chi connectivity index (χ1v) is 13.9. The van der Waals surface area contributed by atoms with Gasteiger partial charge in [-0.1, -0.05) is 67.6 Å². The molecule has 0 bridgehead atoms. The summed E-state index contributed by atoms with van der Waals surface area (Å²) in [5.74, 6) is -1.41. The van der Waals surface area contributed by atoms with E-state index in [4.69, 9.17) is 4.42 Å². The highest BCUT2D eigenvalue weighted by atomic mass is 19.4. The lowest BCUT2D eigenvalue weighted by Crippen LogP contribution is -2.40. The van der Waals surface area contributed by atoms with Gasteiger partial charge in [-0.3, -0.25) is 14.4 Å². The Kier molecular flexibility index (Phi) is 8.80. The van der Waals surface area contributed by atoms with Crippen molar-refractivity contribution >= 4 is 34.4 Å². The molecule has 5 aromatic rings. The van der Waals surface area contributed by atoms with Crippen LogP contribution >= 0.6 is 0 Å². The van der Waals surface area contributed by atoms with Crippen LogP contribution in [0.1, 0.15) is 51.4 Å². The molecule has 3 N–H and O–H groups in total. The Morgan fingerprint density at radius 2 is 1.52 bits per heavy atom. The van der Waals surface area contributed by atoms with Gasteiger partial charge in [0.25, 0.3) is 11.8 Å². The van der Waals surface area contributed by atoms with Gasteiger partial charge in [0.05, 0.1) is 5.56 Å². The number of nitrogens with one attached hydrogen (secondary N) is 3. The highest BCUT2D eigenvalue weighted by Gasteiger charge is 2.30. The number of furan rings is 1. The summed E-state index contributed by atoms with van der Waals surface area (Å²) >= 11 is 0. The standard InChI is InChI=1S/C34H28F3N3O4/c1-2-18-38-33(43)30(22-8-4-3-5-9-22)40-32(42)29-20-23-19-25(16-17-28(23)44-29)39-31(41)27-11-7-6-10-26(27)21-12-14-24(15-13-21)34(35,36)37/h3-17,19-20,30H,2,18H2,1H3,(H,38,43)(H,39,41)(H,40,42)/t30-/m0/s1. The summed E-state index contributed by atoms with van der Waals surface area (Å²) in [6.07, 6.45) is -3.72. The van der Waals surface area contributed by atoms with E-state index in [2.05, 4.69) is 16.0 Å². The van der Waals surface area contributed by atoms with Crippen LogP contribution < -0.4 is 16.0 Å². The molecular weight excluding hydrogens is 571 g/mol. The van der Waals surface area contributed by atoms with Crippen LogP contribution in [-0.4, -0.2) is 24.3 Å². The summed E-state index contributed by atoms with van der Waals surface area (Å²) in [5, 5.41) is 8.90. The predicted molar refractivity (Wildman–Crippen MR) is 161 cm³/mol. The molecule has 0 aliphatic carbocycles. The quantitative estimate of drug-likeness (QED) is 0.165. The van der Waals surface area contributed by atoms with Crippen molar-refractivity contribution in [3.05, 3.63) is 126 Å². The van der Waals surface area contributed by atoms with E-state index >= 15 is 0 Å². The van der Waals surface area contributed by atoms with E-state index in [0.717, 1.165) is 18.6 Å². The molecule has 10 heteroatoms. The van der Waals surface area contributed by atoms with E-state index in [1.54, 1.807) is 66.7 Å². The lowest BCUT2D eigenvalue weighted by molar-refractivity contribution is -0.137. The molecule has 5 rings (SSSR count). The zero-order chi connectivity index (χ0) is 31.3. The van der Waals surface area contributed by atoms with Crippen molar-refractivity contribution in [2.24, 2.45) is 0 Å². The van der Waals surface area contributed by atoms with Crippen molar-refractivity contribution in [3.63, 3.8) is 0 Å². The summed E-state index contributed by atoms with van der Waals surface area (Å²) in [4.78, 5) is 39.3. The Labute approximate surface area is 251 Å². The van der Waals surface area contributed by atoms with Gasteiger partial charge in [0.2, 0.25) is 5.91 Å². The van der Waals surface area contributed by atoms with Gasteiger partial charge in [0, 0.05) is 23.2 Å². The van der Waals surface area contributed by atoms with Crippen LogP contribution in [0, 0.1) is 0 Å². The number of alkyl halides is 3. The normalized spacial score (nSPS) is 12.0. The Morgan fingerprint density at radius 1 is 0.818 bits per heavy atom. The van der Waals surface area contributed by atoms with Crippen molar-refractivity contribution in [1.82, 2.24) is 10.6 Å². The number of hydrogen-bond acceptors (Lipinski definition) is 4.